The minimum atomic E-state index is -0.964. The maximum absolute atomic E-state index is 14.6. The van der Waals surface area contributed by atoms with E-state index in [0.29, 0.717) is 23.5 Å². The molecule has 8 nitrogen and oxygen atoms in total. The van der Waals surface area contributed by atoms with Crippen molar-refractivity contribution in [3.63, 3.8) is 0 Å². The van der Waals surface area contributed by atoms with Gasteiger partial charge in [0, 0.05) is 44.3 Å². The number of pyridine rings is 1. The molecule has 0 radical (unpaired) electrons. The number of hydrogen-bond donors (Lipinski definition) is 2. The number of aliphatic hydroxyl groups is 1. The number of hydrogen-bond acceptors (Lipinski definition) is 8. The van der Waals surface area contributed by atoms with E-state index < -0.39 is 12.2 Å². The van der Waals surface area contributed by atoms with E-state index in [0.717, 1.165) is 63.3 Å². The molecule has 3 unspecified atom stereocenters. The molecule has 3 heterocycles. The number of rotatable bonds is 7. The molecule has 2 aromatic rings. The highest BCUT2D eigenvalue weighted by Gasteiger charge is 2.33. The normalized spacial score (nSPS) is 22.8. The number of halogens is 1. The summed E-state index contributed by atoms with van der Waals surface area (Å²) in [6.07, 6.45) is 5.06. The van der Waals surface area contributed by atoms with Gasteiger partial charge in [0.25, 0.3) is 0 Å². The van der Waals surface area contributed by atoms with Crippen LogP contribution in [0.1, 0.15) is 55.4 Å². The lowest BCUT2D eigenvalue weighted by molar-refractivity contribution is 0.143. The first-order valence-electron chi connectivity index (χ1n) is 11.4. The van der Waals surface area contributed by atoms with Crippen molar-refractivity contribution in [2.75, 3.05) is 45.2 Å². The monoisotopic (exact) mass is 444 g/mol. The number of piperazine rings is 1. The third-order valence-corrected chi connectivity index (χ3v) is 6.76. The molecular weight excluding hydrogens is 411 g/mol. The van der Waals surface area contributed by atoms with Crippen LogP contribution in [0, 0.1) is 5.95 Å². The molecule has 2 aliphatic rings. The Hall–Kier alpha value is -2.36. The Bertz CT molecular complexity index is 921. The van der Waals surface area contributed by atoms with Crippen molar-refractivity contribution < 1.29 is 14.2 Å². The summed E-state index contributed by atoms with van der Waals surface area (Å²) in [5, 5.41) is 12.5. The first-order chi connectivity index (χ1) is 15.5. The fourth-order valence-corrected chi connectivity index (χ4v) is 4.88. The zero-order chi connectivity index (χ0) is 22.7. The van der Waals surface area contributed by atoms with E-state index >= 15 is 0 Å². The van der Waals surface area contributed by atoms with Crippen molar-refractivity contribution in [1.29, 1.82) is 0 Å². The summed E-state index contributed by atoms with van der Waals surface area (Å²) in [4.78, 5) is 17.8. The van der Waals surface area contributed by atoms with Crippen molar-refractivity contribution in [3.8, 4) is 5.88 Å². The second-order valence-corrected chi connectivity index (χ2v) is 8.53. The Morgan fingerprint density at radius 3 is 2.66 bits per heavy atom. The molecule has 0 aromatic carbocycles. The first-order valence-corrected chi connectivity index (χ1v) is 11.4. The van der Waals surface area contributed by atoms with Crippen LogP contribution < -0.4 is 15.0 Å². The molecule has 1 aliphatic carbocycles. The van der Waals surface area contributed by atoms with E-state index in [4.69, 9.17) is 9.72 Å². The van der Waals surface area contributed by atoms with Crippen molar-refractivity contribution in [1.82, 2.24) is 25.2 Å². The van der Waals surface area contributed by atoms with Crippen LogP contribution in [0.5, 0.6) is 5.88 Å². The highest BCUT2D eigenvalue weighted by molar-refractivity contribution is 5.46. The zero-order valence-corrected chi connectivity index (χ0v) is 19.1. The van der Waals surface area contributed by atoms with E-state index in [1.807, 2.05) is 11.1 Å². The summed E-state index contributed by atoms with van der Waals surface area (Å²) < 4.78 is 20.0. The Kier molecular flexibility index (Phi) is 7.17. The summed E-state index contributed by atoms with van der Waals surface area (Å²) in [6, 6.07) is 3.90. The Balaban J connectivity index is 1.34. The van der Waals surface area contributed by atoms with Gasteiger partial charge in [-0.1, -0.05) is 6.92 Å². The zero-order valence-electron chi connectivity index (χ0n) is 19.1. The van der Waals surface area contributed by atoms with Gasteiger partial charge in [-0.3, -0.25) is 15.2 Å². The van der Waals surface area contributed by atoms with Gasteiger partial charge in [-0.15, -0.1) is 0 Å². The van der Waals surface area contributed by atoms with Crippen molar-refractivity contribution in [2.24, 2.45) is 0 Å². The summed E-state index contributed by atoms with van der Waals surface area (Å²) >= 11 is 0. The van der Waals surface area contributed by atoms with Gasteiger partial charge in [0.15, 0.2) is 0 Å². The molecule has 4 rings (SSSR count). The summed E-state index contributed by atoms with van der Waals surface area (Å²) in [6.45, 7) is 5.35. The van der Waals surface area contributed by atoms with E-state index in [1.165, 1.54) is 0 Å². The van der Waals surface area contributed by atoms with Crippen LogP contribution in [-0.2, 0) is 6.42 Å². The lowest BCUT2D eigenvalue weighted by Gasteiger charge is -2.39. The smallest absolute Gasteiger partial charge is 0.236 e. The number of aryl methyl sites for hydroxylation is 1. The van der Waals surface area contributed by atoms with Gasteiger partial charge in [-0.05, 0) is 44.9 Å². The van der Waals surface area contributed by atoms with Gasteiger partial charge in [0.1, 0.15) is 11.9 Å². The lowest BCUT2D eigenvalue weighted by atomic mass is 10.0. The highest BCUT2D eigenvalue weighted by atomic mass is 19.1. The average molecular weight is 445 g/mol. The highest BCUT2D eigenvalue weighted by Crippen LogP contribution is 2.37. The second kappa shape index (κ2) is 10.1. The number of nitrogens with one attached hydrogen (secondary N) is 1. The van der Waals surface area contributed by atoms with Crippen molar-refractivity contribution in [3.05, 3.63) is 41.4 Å². The minimum absolute atomic E-state index is 0.288. The Labute approximate surface area is 188 Å². The predicted octanol–water partition coefficient (Wildman–Crippen LogP) is 2.25. The number of aromatic nitrogens is 3. The first kappa shape index (κ1) is 22.8. The van der Waals surface area contributed by atoms with Crippen LogP contribution in [0.4, 0.5) is 10.1 Å². The molecule has 1 aliphatic heterocycles. The van der Waals surface area contributed by atoms with Crippen LogP contribution in [0.2, 0.25) is 0 Å². The quantitative estimate of drug-likeness (QED) is 0.497. The summed E-state index contributed by atoms with van der Waals surface area (Å²) in [5.74, 6) is 0.512. The van der Waals surface area contributed by atoms with Crippen LogP contribution in [0.15, 0.2) is 18.3 Å². The maximum Gasteiger partial charge on any atom is 0.236 e. The molecule has 3 atom stereocenters. The van der Waals surface area contributed by atoms with Crippen LogP contribution in [0.25, 0.3) is 0 Å². The van der Waals surface area contributed by atoms with E-state index in [-0.39, 0.29) is 5.69 Å². The van der Waals surface area contributed by atoms with Crippen molar-refractivity contribution >= 4 is 5.69 Å². The van der Waals surface area contributed by atoms with Crippen molar-refractivity contribution in [2.45, 2.75) is 50.8 Å². The molecule has 2 fully saturated rings. The van der Waals surface area contributed by atoms with E-state index in [1.54, 1.807) is 26.3 Å². The fraction of sp³-hybridized carbons (Fsp3) is 0.609. The SMILES string of the molecule is CCc1ncc(C2CCC(N3CCN(c4ccc(C(O)NC)nc4F)CC3)C2)nc1OC. The predicted molar refractivity (Wildman–Crippen MR) is 120 cm³/mol. The lowest BCUT2D eigenvalue weighted by Crippen LogP contribution is -2.50. The van der Waals surface area contributed by atoms with Gasteiger partial charge in [-0.2, -0.15) is 4.39 Å². The van der Waals surface area contributed by atoms with E-state index in [9.17, 15) is 9.50 Å². The molecule has 9 heteroatoms. The third kappa shape index (κ3) is 4.69. The Morgan fingerprint density at radius 1 is 1.22 bits per heavy atom. The molecule has 2 aromatic heterocycles. The number of anilines is 1. The molecule has 1 saturated carbocycles. The molecule has 1 saturated heterocycles. The van der Waals surface area contributed by atoms with Crippen LogP contribution in [0.3, 0.4) is 0 Å². The maximum atomic E-state index is 14.6. The largest absolute Gasteiger partial charge is 0.480 e. The van der Waals surface area contributed by atoms with Gasteiger partial charge in [0.05, 0.1) is 24.2 Å². The molecule has 2 N–H and O–H groups in total. The fourth-order valence-electron chi connectivity index (χ4n) is 4.88. The number of ether oxygens (including phenoxy) is 1. The Morgan fingerprint density at radius 2 is 2.00 bits per heavy atom. The standard InChI is InChI=1S/C23H33FN6O2/c1-4-17-23(32-3)28-19(14-26-17)15-5-6-16(13-15)29-9-11-30(12-10-29)20-8-7-18(22(31)25-2)27-21(20)24/h7-8,14-16,22,25,31H,4-6,9-13H2,1-3H3. The number of methoxy groups -OCH3 is 1. The van der Waals surface area contributed by atoms with E-state index in [2.05, 4.69) is 27.1 Å². The summed E-state index contributed by atoms with van der Waals surface area (Å²) in [5.41, 5.74) is 2.71. The second-order valence-electron chi connectivity index (χ2n) is 8.53. The van der Waals surface area contributed by atoms with Gasteiger partial charge in [0.2, 0.25) is 11.8 Å². The topological polar surface area (TPSA) is 86.6 Å². The molecule has 174 valence electrons. The molecule has 0 bridgehead atoms. The minimum Gasteiger partial charge on any atom is -0.480 e. The summed E-state index contributed by atoms with van der Waals surface area (Å²) in [7, 11) is 3.26. The molecule has 32 heavy (non-hydrogen) atoms. The molecular formula is C23H33FN6O2. The van der Waals surface area contributed by atoms with Gasteiger partial charge < -0.3 is 14.7 Å². The average Bonchev–Trinajstić information content (AvgIpc) is 3.33. The van der Waals surface area contributed by atoms with Gasteiger partial charge >= 0.3 is 0 Å². The third-order valence-electron chi connectivity index (χ3n) is 6.76. The molecule has 0 amide bonds. The number of nitrogens with zero attached hydrogens (tertiary/aromatic N) is 5. The number of aliphatic hydroxyl groups excluding tert-OH is 1. The van der Waals surface area contributed by atoms with Crippen LogP contribution >= 0.6 is 0 Å². The van der Waals surface area contributed by atoms with Crippen LogP contribution in [-0.4, -0.2) is 71.3 Å². The molecule has 0 spiro atoms. The van der Waals surface area contributed by atoms with Gasteiger partial charge in [-0.25, -0.2) is 9.97 Å².